The van der Waals surface area contributed by atoms with Crippen LogP contribution >= 0.6 is 0 Å². The average molecular weight is 547 g/mol. The van der Waals surface area contributed by atoms with Gasteiger partial charge >= 0.3 is 10.1 Å². The van der Waals surface area contributed by atoms with E-state index in [1.54, 1.807) is 60.7 Å². The second-order valence-corrected chi connectivity index (χ2v) is 9.81. The van der Waals surface area contributed by atoms with E-state index in [1.165, 1.54) is 62.9 Å². The van der Waals surface area contributed by atoms with E-state index in [1.807, 2.05) is 0 Å². The van der Waals surface area contributed by atoms with E-state index >= 15 is 0 Å². The Labute approximate surface area is 226 Å². The Bertz CT molecular complexity index is 1520. The van der Waals surface area contributed by atoms with Gasteiger partial charge in [0.15, 0.2) is 17.1 Å². The van der Waals surface area contributed by atoms with Gasteiger partial charge in [-0.2, -0.15) is 13.5 Å². The average Bonchev–Trinajstić information content (AvgIpc) is 2.98. The van der Waals surface area contributed by atoms with Crippen molar-refractivity contribution in [3.05, 3.63) is 120 Å². The molecule has 0 fully saturated rings. The van der Waals surface area contributed by atoms with E-state index in [4.69, 9.17) is 13.7 Å². The van der Waals surface area contributed by atoms with Gasteiger partial charge in [-0.25, -0.2) is 5.43 Å². The van der Waals surface area contributed by atoms with Crippen molar-refractivity contribution in [2.45, 2.75) is 10.5 Å². The predicted molar refractivity (Wildman–Crippen MR) is 145 cm³/mol. The second-order valence-electron chi connectivity index (χ2n) is 8.26. The lowest BCUT2D eigenvalue weighted by Crippen LogP contribution is -2.43. The summed E-state index contributed by atoms with van der Waals surface area (Å²) in [5.74, 6) is -0.147. The molecule has 9 nitrogen and oxygen atoms in total. The van der Waals surface area contributed by atoms with Crippen molar-refractivity contribution in [3.8, 4) is 17.2 Å². The molecule has 0 radical (unpaired) electrons. The van der Waals surface area contributed by atoms with Crippen LogP contribution in [0.15, 0.2) is 113 Å². The second kappa shape index (κ2) is 11.8. The number of methoxy groups -OCH3 is 2. The maximum atomic E-state index is 13.2. The number of carbonyl (C=O) groups is 1. The van der Waals surface area contributed by atoms with Gasteiger partial charge in [0, 0.05) is 0 Å². The standard InChI is InChI=1S/C29H26N2O7S/c1-36-24-14-16-25(17-15-24)39(34,35)38-26-18-13-21(19-27(26)37-2)20-30-31-28(32)29(33,22-9-5-3-6-10-22)23-11-7-4-8-12-23/h3-20,33H,1-2H3,(H,31,32)/b30-20-. The highest BCUT2D eigenvalue weighted by molar-refractivity contribution is 7.87. The van der Waals surface area contributed by atoms with Crippen molar-refractivity contribution >= 4 is 22.2 Å². The molecule has 39 heavy (non-hydrogen) atoms. The van der Waals surface area contributed by atoms with Crippen LogP contribution in [-0.2, 0) is 20.5 Å². The fourth-order valence-corrected chi connectivity index (χ4v) is 4.72. The summed E-state index contributed by atoms with van der Waals surface area (Å²) in [6, 6.07) is 27.3. The number of amides is 1. The van der Waals surface area contributed by atoms with E-state index < -0.39 is 21.6 Å². The van der Waals surface area contributed by atoms with Crippen molar-refractivity contribution in [1.29, 1.82) is 0 Å². The van der Waals surface area contributed by atoms with Crippen LogP contribution < -0.4 is 19.1 Å². The Morgan fingerprint density at radius 1 is 0.821 bits per heavy atom. The van der Waals surface area contributed by atoms with Crippen molar-refractivity contribution in [2.24, 2.45) is 5.10 Å². The molecule has 0 heterocycles. The molecule has 0 aliphatic rings. The van der Waals surface area contributed by atoms with E-state index in [-0.39, 0.29) is 16.4 Å². The van der Waals surface area contributed by atoms with Crippen molar-refractivity contribution in [3.63, 3.8) is 0 Å². The first-order valence-corrected chi connectivity index (χ1v) is 13.1. The lowest BCUT2D eigenvalue weighted by atomic mass is 9.85. The Hall–Kier alpha value is -4.67. The molecule has 0 saturated heterocycles. The molecule has 2 N–H and O–H groups in total. The quantitative estimate of drug-likeness (QED) is 0.176. The minimum Gasteiger partial charge on any atom is -0.497 e. The number of hydrogen-bond acceptors (Lipinski definition) is 8. The van der Waals surface area contributed by atoms with Gasteiger partial charge in [0.2, 0.25) is 0 Å². The fraction of sp³-hybridized carbons (Fsp3) is 0.103. The van der Waals surface area contributed by atoms with Crippen molar-refractivity contribution in [1.82, 2.24) is 5.43 Å². The monoisotopic (exact) mass is 546 g/mol. The molecule has 4 aromatic carbocycles. The molecule has 0 aliphatic carbocycles. The van der Waals surface area contributed by atoms with Gasteiger partial charge in [0.1, 0.15) is 10.6 Å². The number of benzene rings is 4. The maximum absolute atomic E-state index is 13.2. The third-order valence-electron chi connectivity index (χ3n) is 5.83. The zero-order chi connectivity index (χ0) is 27.9. The predicted octanol–water partition coefficient (Wildman–Crippen LogP) is 3.86. The zero-order valence-corrected chi connectivity index (χ0v) is 22.0. The minimum absolute atomic E-state index is 0.0305. The first kappa shape index (κ1) is 27.4. The Morgan fingerprint density at radius 2 is 1.41 bits per heavy atom. The van der Waals surface area contributed by atoms with Gasteiger partial charge in [-0.1, -0.05) is 60.7 Å². The molecule has 4 rings (SSSR count). The van der Waals surface area contributed by atoms with E-state index in [0.717, 1.165) is 0 Å². The first-order valence-electron chi connectivity index (χ1n) is 11.7. The molecule has 0 aromatic heterocycles. The van der Waals surface area contributed by atoms with E-state index in [0.29, 0.717) is 22.4 Å². The normalized spacial score (nSPS) is 11.7. The number of hydrazone groups is 1. The number of ether oxygens (including phenoxy) is 2. The molecule has 10 heteroatoms. The summed E-state index contributed by atoms with van der Waals surface area (Å²) in [6.45, 7) is 0. The van der Waals surface area contributed by atoms with Crippen LogP contribution in [0.2, 0.25) is 0 Å². The van der Waals surface area contributed by atoms with Gasteiger partial charge < -0.3 is 18.8 Å². The fourth-order valence-electron chi connectivity index (χ4n) is 3.78. The highest BCUT2D eigenvalue weighted by atomic mass is 32.2. The van der Waals surface area contributed by atoms with Crippen LogP contribution in [0.5, 0.6) is 17.2 Å². The van der Waals surface area contributed by atoms with Gasteiger partial charge in [0.05, 0.1) is 20.4 Å². The largest absolute Gasteiger partial charge is 0.497 e. The minimum atomic E-state index is -4.14. The lowest BCUT2D eigenvalue weighted by Gasteiger charge is -2.27. The lowest BCUT2D eigenvalue weighted by molar-refractivity contribution is -0.136. The molecule has 0 unspecified atom stereocenters. The van der Waals surface area contributed by atoms with Crippen LogP contribution in [0.4, 0.5) is 0 Å². The first-order chi connectivity index (χ1) is 18.8. The highest BCUT2D eigenvalue weighted by Gasteiger charge is 2.39. The Kier molecular flexibility index (Phi) is 8.28. The van der Waals surface area contributed by atoms with E-state index in [9.17, 15) is 18.3 Å². The molecule has 0 spiro atoms. The maximum Gasteiger partial charge on any atom is 0.339 e. The number of nitrogens with one attached hydrogen (secondary N) is 1. The third-order valence-corrected chi connectivity index (χ3v) is 7.08. The smallest absolute Gasteiger partial charge is 0.339 e. The highest BCUT2D eigenvalue weighted by Crippen LogP contribution is 2.32. The van der Waals surface area contributed by atoms with Crippen molar-refractivity contribution < 1.29 is 32.0 Å². The molecular weight excluding hydrogens is 520 g/mol. The Balaban J connectivity index is 1.52. The number of aliphatic hydroxyl groups is 1. The molecule has 0 aliphatic heterocycles. The summed E-state index contributed by atoms with van der Waals surface area (Å²) >= 11 is 0. The molecule has 0 saturated carbocycles. The third kappa shape index (κ3) is 6.08. The molecule has 200 valence electrons. The summed E-state index contributed by atoms with van der Waals surface area (Å²) in [6.07, 6.45) is 1.33. The molecule has 0 atom stereocenters. The summed E-state index contributed by atoms with van der Waals surface area (Å²) in [7, 11) is -1.29. The molecule has 4 aromatic rings. The van der Waals surface area contributed by atoms with Gasteiger partial charge in [-0.3, -0.25) is 4.79 Å². The summed E-state index contributed by atoms with van der Waals surface area (Å²) in [5.41, 5.74) is 1.65. The van der Waals surface area contributed by atoms with Gasteiger partial charge in [-0.15, -0.1) is 0 Å². The molecule has 0 bridgehead atoms. The van der Waals surface area contributed by atoms with Crippen molar-refractivity contribution in [2.75, 3.05) is 14.2 Å². The van der Waals surface area contributed by atoms with Gasteiger partial charge in [-0.05, 0) is 59.2 Å². The van der Waals surface area contributed by atoms with Crippen LogP contribution in [0.3, 0.4) is 0 Å². The SMILES string of the molecule is COc1ccc(S(=O)(=O)Oc2ccc(/C=N\NC(=O)C(O)(c3ccccc3)c3ccccc3)cc2OC)cc1. The van der Waals surface area contributed by atoms with E-state index in [2.05, 4.69) is 10.5 Å². The summed E-state index contributed by atoms with van der Waals surface area (Å²) in [5, 5.41) is 15.5. The Morgan fingerprint density at radius 3 is 1.95 bits per heavy atom. The number of nitrogens with zero attached hydrogens (tertiary/aromatic N) is 1. The van der Waals surface area contributed by atoms with Crippen LogP contribution in [0, 0.1) is 0 Å². The van der Waals surface area contributed by atoms with Crippen LogP contribution in [-0.4, -0.2) is 39.9 Å². The number of hydrogen-bond donors (Lipinski definition) is 2. The number of carbonyl (C=O) groups excluding carboxylic acids is 1. The molecular formula is C29H26N2O7S. The summed E-state index contributed by atoms with van der Waals surface area (Å²) in [4.78, 5) is 13.1. The summed E-state index contributed by atoms with van der Waals surface area (Å²) < 4.78 is 41.1. The van der Waals surface area contributed by atoms with Crippen LogP contribution in [0.1, 0.15) is 16.7 Å². The molecule has 1 amide bonds. The van der Waals surface area contributed by atoms with Crippen LogP contribution in [0.25, 0.3) is 0 Å². The zero-order valence-electron chi connectivity index (χ0n) is 21.1. The van der Waals surface area contributed by atoms with Gasteiger partial charge in [0.25, 0.3) is 5.91 Å². The topological polar surface area (TPSA) is 124 Å². The number of rotatable bonds is 10.